The smallest absolute Gasteiger partial charge is 0.411 e. The molecule has 0 aliphatic carbocycles. The van der Waals surface area contributed by atoms with Gasteiger partial charge in [-0.05, 0) is 37.5 Å². The predicted molar refractivity (Wildman–Crippen MR) is 81.4 cm³/mol. The number of rotatable bonds is 4. The Hall–Kier alpha value is -2.37. The van der Waals surface area contributed by atoms with Gasteiger partial charge in [0.05, 0.1) is 12.0 Å². The highest BCUT2D eigenvalue weighted by Gasteiger charge is 2.42. The second kappa shape index (κ2) is 6.60. The van der Waals surface area contributed by atoms with Gasteiger partial charge >= 0.3 is 6.09 Å². The van der Waals surface area contributed by atoms with Gasteiger partial charge in [0.25, 0.3) is 0 Å². The second-order valence-corrected chi connectivity index (χ2v) is 5.24. The zero-order chi connectivity index (χ0) is 16.2. The third-order valence-corrected chi connectivity index (χ3v) is 4.03. The summed E-state index contributed by atoms with van der Waals surface area (Å²) in [6.45, 7) is 3.97. The van der Waals surface area contributed by atoms with Crippen LogP contribution in [0.3, 0.4) is 0 Å². The molecule has 0 spiro atoms. The molecule has 1 aliphatic rings. The quantitative estimate of drug-likeness (QED) is 0.836. The van der Waals surface area contributed by atoms with E-state index in [-0.39, 0.29) is 11.8 Å². The SMILES string of the molecule is CCOC(=O)Nc1ccc(C2(CC)CCC(=O)NC2=O)cc1. The van der Waals surface area contributed by atoms with Gasteiger partial charge in [0, 0.05) is 12.1 Å². The first-order valence-corrected chi connectivity index (χ1v) is 7.40. The van der Waals surface area contributed by atoms with Gasteiger partial charge in [0.1, 0.15) is 0 Å². The van der Waals surface area contributed by atoms with Crippen molar-refractivity contribution in [3.05, 3.63) is 29.8 Å². The molecule has 1 heterocycles. The fourth-order valence-electron chi connectivity index (χ4n) is 2.72. The van der Waals surface area contributed by atoms with E-state index in [2.05, 4.69) is 10.6 Å². The van der Waals surface area contributed by atoms with Gasteiger partial charge in [0.15, 0.2) is 0 Å². The van der Waals surface area contributed by atoms with Crippen molar-refractivity contribution >= 4 is 23.6 Å². The lowest BCUT2D eigenvalue weighted by molar-refractivity contribution is -0.138. The number of hydrogen-bond acceptors (Lipinski definition) is 4. The minimum Gasteiger partial charge on any atom is -0.450 e. The molecule has 6 heteroatoms. The topological polar surface area (TPSA) is 84.5 Å². The first kappa shape index (κ1) is 16.0. The van der Waals surface area contributed by atoms with Crippen LogP contribution in [0.1, 0.15) is 38.7 Å². The molecule has 1 unspecified atom stereocenters. The highest BCUT2D eigenvalue weighted by molar-refractivity contribution is 6.03. The van der Waals surface area contributed by atoms with Gasteiger partial charge in [-0.25, -0.2) is 4.79 Å². The number of hydrogen-bond donors (Lipinski definition) is 2. The minimum atomic E-state index is -0.684. The Bertz CT molecular complexity index is 582. The summed E-state index contributed by atoms with van der Waals surface area (Å²) >= 11 is 0. The van der Waals surface area contributed by atoms with Crippen molar-refractivity contribution < 1.29 is 19.1 Å². The van der Waals surface area contributed by atoms with Crippen LogP contribution in [-0.2, 0) is 19.7 Å². The maximum absolute atomic E-state index is 12.3. The van der Waals surface area contributed by atoms with E-state index in [1.54, 1.807) is 31.2 Å². The van der Waals surface area contributed by atoms with E-state index in [0.29, 0.717) is 31.6 Å². The summed E-state index contributed by atoms with van der Waals surface area (Å²) in [6, 6.07) is 7.07. The number of carbonyl (C=O) groups excluding carboxylic acids is 3. The van der Waals surface area contributed by atoms with Crippen LogP contribution >= 0.6 is 0 Å². The maximum Gasteiger partial charge on any atom is 0.411 e. The first-order valence-electron chi connectivity index (χ1n) is 7.40. The van der Waals surface area contributed by atoms with Crippen molar-refractivity contribution in [2.75, 3.05) is 11.9 Å². The van der Waals surface area contributed by atoms with Gasteiger partial charge in [-0.2, -0.15) is 0 Å². The molecule has 2 N–H and O–H groups in total. The number of amides is 3. The number of imide groups is 1. The molecule has 118 valence electrons. The van der Waals surface area contributed by atoms with Crippen molar-refractivity contribution in [2.45, 2.75) is 38.5 Å². The molecule has 1 aromatic carbocycles. The number of anilines is 1. The van der Waals surface area contributed by atoms with Gasteiger partial charge in [-0.1, -0.05) is 19.1 Å². The molecule has 0 bridgehead atoms. The van der Waals surface area contributed by atoms with Crippen molar-refractivity contribution in [1.82, 2.24) is 5.32 Å². The Labute approximate surface area is 129 Å². The zero-order valence-electron chi connectivity index (χ0n) is 12.8. The third-order valence-electron chi connectivity index (χ3n) is 4.03. The molecule has 0 radical (unpaired) electrons. The predicted octanol–water partition coefficient (Wildman–Crippen LogP) is 2.34. The van der Waals surface area contributed by atoms with E-state index >= 15 is 0 Å². The lowest BCUT2D eigenvalue weighted by Gasteiger charge is -2.35. The molecular weight excluding hydrogens is 284 g/mol. The number of carbonyl (C=O) groups is 3. The van der Waals surface area contributed by atoms with Crippen LogP contribution in [0.25, 0.3) is 0 Å². The summed E-state index contributed by atoms with van der Waals surface area (Å²) in [6.07, 6.45) is 0.930. The molecule has 1 aromatic rings. The van der Waals surface area contributed by atoms with Crippen molar-refractivity contribution in [3.8, 4) is 0 Å². The van der Waals surface area contributed by atoms with Gasteiger partial charge in [-0.3, -0.25) is 20.2 Å². The molecule has 2 rings (SSSR count). The second-order valence-electron chi connectivity index (χ2n) is 5.24. The molecular formula is C16H20N2O4. The number of ether oxygens (including phenoxy) is 1. The molecule has 3 amide bonds. The molecule has 1 atom stereocenters. The summed E-state index contributed by atoms with van der Waals surface area (Å²) < 4.78 is 4.81. The molecule has 1 aliphatic heterocycles. The van der Waals surface area contributed by atoms with Crippen LogP contribution in [0, 0.1) is 0 Å². The Morgan fingerprint density at radius 1 is 1.27 bits per heavy atom. The molecule has 1 fully saturated rings. The molecule has 6 nitrogen and oxygen atoms in total. The van der Waals surface area contributed by atoms with Crippen molar-refractivity contribution in [3.63, 3.8) is 0 Å². The standard InChI is InChI=1S/C16H20N2O4/c1-3-16(10-9-13(19)18-14(16)20)11-5-7-12(8-6-11)17-15(21)22-4-2/h5-8H,3-4,9-10H2,1-2H3,(H,17,21)(H,18,19,20). The van der Waals surface area contributed by atoms with Crippen molar-refractivity contribution in [2.24, 2.45) is 0 Å². The Morgan fingerprint density at radius 2 is 1.95 bits per heavy atom. The van der Waals surface area contributed by atoms with Crippen molar-refractivity contribution in [1.29, 1.82) is 0 Å². The number of piperidine rings is 1. The average molecular weight is 304 g/mol. The Kier molecular flexibility index (Phi) is 4.80. The van der Waals surface area contributed by atoms with E-state index in [0.717, 1.165) is 5.56 Å². The van der Waals surface area contributed by atoms with Gasteiger partial charge in [0.2, 0.25) is 11.8 Å². The minimum absolute atomic E-state index is 0.227. The number of nitrogens with one attached hydrogen (secondary N) is 2. The van der Waals surface area contributed by atoms with Crippen LogP contribution in [0.5, 0.6) is 0 Å². The van der Waals surface area contributed by atoms with E-state index in [1.165, 1.54) is 0 Å². The Balaban J connectivity index is 2.19. The van der Waals surface area contributed by atoms with Crippen LogP contribution < -0.4 is 10.6 Å². The average Bonchev–Trinajstić information content (AvgIpc) is 2.49. The fourth-order valence-corrected chi connectivity index (χ4v) is 2.72. The lowest BCUT2D eigenvalue weighted by Crippen LogP contribution is -2.51. The summed E-state index contributed by atoms with van der Waals surface area (Å²) in [7, 11) is 0. The molecule has 0 saturated carbocycles. The van der Waals surface area contributed by atoms with E-state index in [9.17, 15) is 14.4 Å². The monoisotopic (exact) mass is 304 g/mol. The van der Waals surface area contributed by atoms with E-state index < -0.39 is 11.5 Å². The highest BCUT2D eigenvalue weighted by atomic mass is 16.5. The fraction of sp³-hybridized carbons (Fsp3) is 0.438. The molecule has 0 aromatic heterocycles. The van der Waals surface area contributed by atoms with Gasteiger partial charge < -0.3 is 4.74 Å². The largest absolute Gasteiger partial charge is 0.450 e. The first-order chi connectivity index (χ1) is 10.5. The van der Waals surface area contributed by atoms with Crippen LogP contribution in [0.4, 0.5) is 10.5 Å². The number of benzene rings is 1. The summed E-state index contributed by atoms with van der Waals surface area (Å²) in [4.78, 5) is 35.0. The summed E-state index contributed by atoms with van der Waals surface area (Å²) in [5.41, 5.74) is 0.756. The molecule has 1 saturated heterocycles. The van der Waals surface area contributed by atoms with E-state index in [1.807, 2.05) is 6.92 Å². The normalized spacial score (nSPS) is 21.2. The summed E-state index contributed by atoms with van der Waals surface area (Å²) in [5.74, 6) is -0.480. The van der Waals surface area contributed by atoms with Crippen LogP contribution in [0.2, 0.25) is 0 Å². The highest BCUT2D eigenvalue weighted by Crippen LogP contribution is 2.36. The van der Waals surface area contributed by atoms with E-state index in [4.69, 9.17) is 4.74 Å². The lowest BCUT2D eigenvalue weighted by atomic mass is 9.72. The summed E-state index contributed by atoms with van der Waals surface area (Å²) in [5, 5.41) is 5.02. The molecule has 22 heavy (non-hydrogen) atoms. The Morgan fingerprint density at radius 3 is 2.50 bits per heavy atom. The third kappa shape index (κ3) is 3.10. The maximum atomic E-state index is 12.3. The zero-order valence-corrected chi connectivity index (χ0v) is 12.8. The van der Waals surface area contributed by atoms with Crippen LogP contribution in [-0.4, -0.2) is 24.5 Å². The van der Waals surface area contributed by atoms with Crippen LogP contribution in [0.15, 0.2) is 24.3 Å². The van der Waals surface area contributed by atoms with Gasteiger partial charge in [-0.15, -0.1) is 0 Å².